The van der Waals surface area contributed by atoms with Gasteiger partial charge in [-0.3, -0.25) is 0 Å². The second-order valence-electron chi connectivity index (χ2n) is 10.1. The molecule has 4 N–H and O–H groups in total. The van der Waals surface area contributed by atoms with Crippen molar-refractivity contribution in [2.75, 3.05) is 13.2 Å². The summed E-state index contributed by atoms with van der Waals surface area (Å²) in [5.74, 6) is 0.730. The first-order valence-electron chi connectivity index (χ1n) is 10.8. The van der Waals surface area contributed by atoms with Gasteiger partial charge in [-0.15, -0.1) is 11.3 Å². The third kappa shape index (κ3) is 2.83. The van der Waals surface area contributed by atoms with Crippen molar-refractivity contribution in [3.63, 3.8) is 0 Å². The van der Waals surface area contributed by atoms with E-state index in [9.17, 15) is 20.4 Å². The van der Waals surface area contributed by atoms with Crippen LogP contribution < -0.4 is 0 Å². The molecular formula is C22H35NO4S. The molecule has 0 aliphatic heterocycles. The van der Waals surface area contributed by atoms with Crippen LogP contribution in [0.15, 0.2) is 11.6 Å². The minimum atomic E-state index is -0.912. The van der Waals surface area contributed by atoms with Gasteiger partial charge in [0.25, 0.3) is 0 Å². The van der Waals surface area contributed by atoms with E-state index in [-0.39, 0.29) is 47.9 Å². The molecule has 28 heavy (non-hydrogen) atoms. The van der Waals surface area contributed by atoms with Gasteiger partial charge >= 0.3 is 0 Å². The molecular weight excluding hydrogens is 374 g/mol. The summed E-state index contributed by atoms with van der Waals surface area (Å²) in [5.41, 5.74) is -1.27. The molecule has 1 aromatic rings. The number of nitrogens with zero attached hydrogens (tertiary/aromatic N) is 1. The van der Waals surface area contributed by atoms with Crippen molar-refractivity contribution in [3.8, 4) is 0 Å². The van der Waals surface area contributed by atoms with E-state index >= 15 is 0 Å². The van der Waals surface area contributed by atoms with Gasteiger partial charge in [0, 0.05) is 30.2 Å². The van der Waals surface area contributed by atoms with Gasteiger partial charge in [-0.2, -0.15) is 0 Å². The fourth-order valence-electron chi connectivity index (χ4n) is 7.32. The second-order valence-corrected chi connectivity index (χ2v) is 11.0. The van der Waals surface area contributed by atoms with Crippen molar-refractivity contribution in [3.05, 3.63) is 16.6 Å². The number of aliphatic hydroxyl groups is 4. The maximum absolute atomic E-state index is 11.7. The normalized spacial score (nSPS) is 49.1. The molecule has 1 heterocycles. The molecule has 3 aliphatic rings. The molecule has 8 atom stereocenters. The molecule has 0 bridgehead atoms. The lowest BCUT2D eigenvalue weighted by molar-refractivity contribution is -0.153. The van der Waals surface area contributed by atoms with Crippen molar-refractivity contribution in [1.29, 1.82) is 0 Å². The zero-order valence-electron chi connectivity index (χ0n) is 17.0. The van der Waals surface area contributed by atoms with Crippen LogP contribution in [0.4, 0.5) is 0 Å². The second kappa shape index (κ2) is 7.31. The highest BCUT2D eigenvalue weighted by molar-refractivity contribution is 7.09. The lowest BCUT2D eigenvalue weighted by Crippen LogP contribution is -2.55. The first kappa shape index (κ1) is 20.7. The SMILES string of the molecule is C[C@]12CCC([C@@]3(C)CC[C@H](O)C[C@@H]3CO)[C@@H](CO)C1CC[C@@]2(O)c1nccs1. The van der Waals surface area contributed by atoms with Crippen molar-refractivity contribution in [2.45, 2.75) is 70.5 Å². The van der Waals surface area contributed by atoms with Gasteiger partial charge in [-0.1, -0.05) is 13.8 Å². The number of fused-ring (bicyclic) bond motifs is 1. The number of aromatic nitrogens is 1. The van der Waals surface area contributed by atoms with Gasteiger partial charge in [-0.25, -0.2) is 4.98 Å². The molecule has 0 aromatic carbocycles. The van der Waals surface area contributed by atoms with E-state index in [1.165, 1.54) is 11.3 Å². The van der Waals surface area contributed by atoms with Crippen LogP contribution in [0.3, 0.4) is 0 Å². The molecule has 0 spiro atoms. The number of hydrogen-bond acceptors (Lipinski definition) is 6. The summed E-state index contributed by atoms with van der Waals surface area (Å²) < 4.78 is 0. The predicted molar refractivity (Wildman–Crippen MR) is 109 cm³/mol. The smallest absolute Gasteiger partial charge is 0.125 e. The number of rotatable bonds is 4. The van der Waals surface area contributed by atoms with E-state index in [1.807, 2.05) is 5.38 Å². The number of thiazole rings is 1. The average Bonchev–Trinajstić information content (AvgIpc) is 3.31. The van der Waals surface area contributed by atoms with Crippen LogP contribution in [0.5, 0.6) is 0 Å². The minimum Gasteiger partial charge on any atom is -0.396 e. The zero-order valence-corrected chi connectivity index (χ0v) is 17.9. The van der Waals surface area contributed by atoms with E-state index in [1.54, 1.807) is 6.20 Å². The molecule has 6 heteroatoms. The van der Waals surface area contributed by atoms with Crippen molar-refractivity contribution in [2.24, 2.45) is 34.5 Å². The molecule has 3 aliphatic carbocycles. The molecule has 5 nitrogen and oxygen atoms in total. The van der Waals surface area contributed by atoms with E-state index in [4.69, 9.17) is 0 Å². The highest BCUT2D eigenvalue weighted by Crippen LogP contribution is 2.67. The van der Waals surface area contributed by atoms with Crippen molar-refractivity contribution >= 4 is 11.3 Å². The van der Waals surface area contributed by atoms with E-state index < -0.39 is 5.60 Å². The molecule has 158 valence electrons. The Hall–Kier alpha value is -0.530. The molecule has 2 unspecified atom stereocenters. The molecule has 0 radical (unpaired) electrons. The standard InChI is InChI=1S/C22H35NO4S/c1-20(6-3-15(26)11-14(20)12-24)17-4-7-21(2)18(16(17)13-25)5-8-22(21,27)19-23-9-10-28-19/h9-10,14-18,24-27H,3-8,11-13H2,1-2H3/t14-,15+,16-,17?,18?,20+,21+,22-/m1/s1. The molecule has 3 saturated carbocycles. The Morgan fingerprint density at radius 2 is 1.82 bits per heavy atom. The summed E-state index contributed by atoms with van der Waals surface area (Å²) in [5, 5.41) is 45.1. The van der Waals surface area contributed by atoms with Crippen LogP contribution in [0.2, 0.25) is 0 Å². The van der Waals surface area contributed by atoms with Crippen LogP contribution in [0.1, 0.15) is 63.8 Å². The predicted octanol–water partition coefficient (Wildman–Crippen LogP) is 2.93. The molecule has 1 aromatic heterocycles. The zero-order chi connectivity index (χ0) is 20.2. The van der Waals surface area contributed by atoms with Crippen molar-refractivity contribution in [1.82, 2.24) is 4.98 Å². The van der Waals surface area contributed by atoms with Gasteiger partial charge < -0.3 is 20.4 Å². The third-order valence-corrected chi connectivity index (χ3v) is 10.1. The fourth-order valence-corrected chi connectivity index (χ4v) is 8.23. The van der Waals surface area contributed by atoms with E-state index in [0.29, 0.717) is 18.8 Å². The van der Waals surface area contributed by atoms with Gasteiger partial charge in [-0.05, 0) is 74.0 Å². The maximum Gasteiger partial charge on any atom is 0.125 e. The molecule has 0 amide bonds. The Morgan fingerprint density at radius 1 is 1.07 bits per heavy atom. The van der Waals surface area contributed by atoms with Gasteiger partial charge in [0.2, 0.25) is 0 Å². The Balaban J connectivity index is 1.66. The quantitative estimate of drug-likeness (QED) is 0.613. The Morgan fingerprint density at radius 3 is 2.46 bits per heavy atom. The first-order valence-corrected chi connectivity index (χ1v) is 11.7. The third-order valence-electron chi connectivity index (χ3n) is 9.16. The highest BCUT2D eigenvalue weighted by Gasteiger charge is 2.64. The largest absolute Gasteiger partial charge is 0.396 e. The molecule has 4 rings (SSSR count). The Kier molecular flexibility index (Phi) is 5.41. The minimum absolute atomic E-state index is 0.0684. The summed E-state index contributed by atoms with van der Waals surface area (Å²) in [6, 6.07) is 0. The lowest BCUT2D eigenvalue weighted by Gasteiger charge is -2.57. The van der Waals surface area contributed by atoms with Gasteiger partial charge in [0.05, 0.1) is 6.10 Å². The number of aliphatic hydroxyl groups excluding tert-OH is 3. The first-order chi connectivity index (χ1) is 13.3. The van der Waals surface area contributed by atoms with E-state index in [0.717, 1.165) is 37.1 Å². The Labute approximate surface area is 171 Å². The topological polar surface area (TPSA) is 93.8 Å². The van der Waals surface area contributed by atoms with E-state index in [2.05, 4.69) is 18.8 Å². The fraction of sp³-hybridized carbons (Fsp3) is 0.864. The van der Waals surface area contributed by atoms with Crippen LogP contribution in [-0.2, 0) is 5.60 Å². The average molecular weight is 410 g/mol. The highest BCUT2D eigenvalue weighted by atomic mass is 32.1. The van der Waals surface area contributed by atoms with Crippen molar-refractivity contribution < 1.29 is 20.4 Å². The van der Waals surface area contributed by atoms with Crippen LogP contribution in [-0.4, -0.2) is 44.7 Å². The molecule has 0 saturated heterocycles. The monoisotopic (exact) mass is 409 g/mol. The maximum atomic E-state index is 11.7. The lowest BCUT2D eigenvalue weighted by atomic mass is 9.48. The summed E-state index contributed by atoms with van der Waals surface area (Å²) >= 11 is 1.53. The summed E-state index contributed by atoms with van der Waals surface area (Å²) in [7, 11) is 0. The Bertz CT molecular complexity index is 684. The summed E-state index contributed by atoms with van der Waals surface area (Å²) in [6.07, 6.45) is 7.19. The van der Waals surface area contributed by atoms with Gasteiger partial charge in [0.15, 0.2) is 0 Å². The summed E-state index contributed by atoms with van der Waals surface area (Å²) in [6.45, 7) is 4.67. The number of hydrogen-bond donors (Lipinski definition) is 4. The van der Waals surface area contributed by atoms with Crippen LogP contribution in [0.25, 0.3) is 0 Å². The summed E-state index contributed by atoms with van der Waals surface area (Å²) in [4.78, 5) is 4.46. The molecule has 3 fully saturated rings. The van der Waals surface area contributed by atoms with Crippen LogP contribution >= 0.6 is 11.3 Å². The van der Waals surface area contributed by atoms with Crippen LogP contribution in [0, 0.1) is 34.5 Å². The van der Waals surface area contributed by atoms with Gasteiger partial charge in [0.1, 0.15) is 10.6 Å².